The lowest BCUT2D eigenvalue weighted by molar-refractivity contribution is -0.0422. The topological polar surface area (TPSA) is 93.1 Å². The van der Waals surface area contributed by atoms with Crippen LogP contribution in [0.15, 0.2) is 59.5 Å². The van der Waals surface area contributed by atoms with Gasteiger partial charge in [-0.15, -0.1) is 0 Å². The molecule has 1 heterocycles. The van der Waals surface area contributed by atoms with Crippen LogP contribution in [0.1, 0.15) is 57.1 Å². The van der Waals surface area contributed by atoms with E-state index in [1.165, 1.54) is 12.1 Å². The summed E-state index contributed by atoms with van der Waals surface area (Å²) in [5, 5.41) is 11.3. The summed E-state index contributed by atoms with van der Waals surface area (Å²) in [4.78, 5) is 14.1. The number of aryl methyl sites for hydroxylation is 1. The maximum Gasteiger partial charge on any atom is 0.410 e. The first kappa shape index (κ1) is 26.2. The molecule has 0 bridgehead atoms. The molecule has 34 heavy (non-hydrogen) atoms. The Hall–Kier alpha value is -2.42. The fraction of sp³-hybridized carbons (Fsp3) is 0.500. The molecule has 8 heteroatoms. The second-order valence-corrected chi connectivity index (χ2v) is 11.7. The number of amides is 1. The summed E-state index contributed by atoms with van der Waals surface area (Å²) in [5.74, 6) is -0.334. The molecule has 1 fully saturated rings. The minimum atomic E-state index is -3.93. The van der Waals surface area contributed by atoms with Gasteiger partial charge in [-0.2, -0.15) is 8.42 Å². The number of piperidine rings is 1. The first-order chi connectivity index (χ1) is 15.9. The van der Waals surface area contributed by atoms with Crippen LogP contribution in [0.2, 0.25) is 0 Å². The molecule has 1 N–H and O–H groups in total. The Labute approximate surface area is 202 Å². The van der Waals surface area contributed by atoms with Crippen LogP contribution in [0, 0.1) is 6.92 Å². The molecule has 186 valence electrons. The summed E-state index contributed by atoms with van der Waals surface area (Å²) in [6.45, 7) is 8.00. The number of hydrogen-bond donors (Lipinski definition) is 1. The van der Waals surface area contributed by atoms with Crippen molar-refractivity contribution in [2.24, 2.45) is 0 Å². The van der Waals surface area contributed by atoms with Gasteiger partial charge in [0.25, 0.3) is 10.1 Å². The van der Waals surface area contributed by atoms with E-state index in [0.29, 0.717) is 32.4 Å². The number of likely N-dealkylation sites (tertiary alicyclic amines) is 1. The SMILES string of the molecule is Cc1ccc(S(=O)(=O)OCC(CC2(O)CCN(C(=O)OC(C)(C)C)CC2)c2ccccc2)cc1. The molecule has 0 saturated carbocycles. The van der Waals surface area contributed by atoms with Crippen LogP contribution in [0.25, 0.3) is 0 Å². The summed E-state index contributed by atoms with van der Waals surface area (Å²) in [7, 11) is -3.93. The summed E-state index contributed by atoms with van der Waals surface area (Å²) >= 11 is 0. The van der Waals surface area contributed by atoms with Crippen molar-refractivity contribution in [2.75, 3.05) is 19.7 Å². The molecule has 1 aliphatic rings. The van der Waals surface area contributed by atoms with E-state index in [1.54, 1.807) is 17.0 Å². The van der Waals surface area contributed by atoms with Crippen molar-refractivity contribution in [1.82, 2.24) is 4.90 Å². The van der Waals surface area contributed by atoms with Crippen molar-refractivity contribution < 1.29 is 27.2 Å². The Bertz CT molecular complexity index is 1050. The van der Waals surface area contributed by atoms with Gasteiger partial charge in [0.1, 0.15) is 5.60 Å². The van der Waals surface area contributed by atoms with Crippen molar-refractivity contribution in [3.8, 4) is 0 Å². The number of benzene rings is 2. The maximum absolute atomic E-state index is 12.7. The zero-order valence-corrected chi connectivity index (χ0v) is 21.2. The number of carbonyl (C=O) groups excluding carboxylic acids is 1. The fourth-order valence-electron chi connectivity index (χ4n) is 4.04. The maximum atomic E-state index is 12.7. The van der Waals surface area contributed by atoms with Gasteiger partial charge in [-0.05, 0) is 64.7 Å². The van der Waals surface area contributed by atoms with E-state index in [-0.39, 0.29) is 23.5 Å². The highest BCUT2D eigenvalue weighted by Gasteiger charge is 2.38. The molecule has 0 aliphatic carbocycles. The molecule has 1 unspecified atom stereocenters. The molecule has 7 nitrogen and oxygen atoms in total. The zero-order chi connectivity index (χ0) is 25.0. The monoisotopic (exact) mass is 489 g/mol. The number of rotatable bonds is 7. The van der Waals surface area contributed by atoms with Gasteiger partial charge in [-0.3, -0.25) is 4.18 Å². The predicted octanol–water partition coefficient (Wildman–Crippen LogP) is 4.64. The third kappa shape index (κ3) is 7.29. The van der Waals surface area contributed by atoms with Gasteiger partial charge in [0.2, 0.25) is 0 Å². The van der Waals surface area contributed by atoms with E-state index in [4.69, 9.17) is 8.92 Å². The Morgan fingerprint density at radius 3 is 2.21 bits per heavy atom. The molecule has 1 amide bonds. The highest BCUT2D eigenvalue weighted by molar-refractivity contribution is 7.86. The molecule has 0 radical (unpaired) electrons. The molecular weight excluding hydrogens is 454 g/mol. The number of nitrogens with zero attached hydrogens (tertiary/aromatic N) is 1. The van der Waals surface area contributed by atoms with Crippen LogP contribution < -0.4 is 0 Å². The molecule has 2 aromatic carbocycles. The minimum Gasteiger partial charge on any atom is -0.444 e. The van der Waals surface area contributed by atoms with Crippen LogP contribution >= 0.6 is 0 Å². The largest absolute Gasteiger partial charge is 0.444 e. The summed E-state index contributed by atoms with van der Waals surface area (Å²) in [6.07, 6.45) is 0.685. The highest BCUT2D eigenvalue weighted by Crippen LogP contribution is 2.34. The van der Waals surface area contributed by atoms with Gasteiger partial charge in [-0.1, -0.05) is 48.0 Å². The quantitative estimate of drug-likeness (QED) is 0.570. The zero-order valence-electron chi connectivity index (χ0n) is 20.4. The molecule has 1 saturated heterocycles. The Kier molecular flexibility index (Phi) is 8.06. The average molecular weight is 490 g/mol. The summed E-state index contributed by atoms with van der Waals surface area (Å²) in [5.41, 5.74) is 0.227. The number of aliphatic hydroxyl groups is 1. The Morgan fingerprint density at radius 2 is 1.65 bits per heavy atom. The van der Waals surface area contributed by atoms with Crippen molar-refractivity contribution >= 4 is 16.2 Å². The van der Waals surface area contributed by atoms with Gasteiger partial charge in [-0.25, -0.2) is 4.79 Å². The second-order valence-electron chi connectivity index (χ2n) is 10.1. The summed E-state index contributed by atoms with van der Waals surface area (Å²) in [6, 6.07) is 16.0. The fourth-order valence-corrected chi connectivity index (χ4v) is 4.99. The van der Waals surface area contributed by atoms with Gasteiger partial charge >= 0.3 is 6.09 Å². The molecule has 2 aromatic rings. The second kappa shape index (κ2) is 10.5. The van der Waals surface area contributed by atoms with Crippen molar-refractivity contribution in [1.29, 1.82) is 0 Å². The van der Waals surface area contributed by atoms with Crippen LogP contribution in [-0.4, -0.2) is 55.4 Å². The summed E-state index contributed by atoms with van der Waals surface area (Å²) < 4.78 is 36.4. The van der Waals surface area contributed by atoms with Crippen LogP contribution in [-0.2, 0) is 19.0 Å². The lowest BCUT2D eigenvalue weighted by Gasteiger charge is -2.40. The van der Waals surface area contributed by atoms with Crippen LogP contribution in [0.4, 0.5) is 4.79 Å². The number of ether oxygens (including phenoxy) is 1. The first-order valence-corrected chi connectivity index (χ1v) is 13.0. The lowest BCUT2D eigenvalue weighted by atomic mass is 9.80. The molecule has 0 aromatic heterocycles. The van der Waals surface area contributed by atoms with Gasteiger partial charge in [0.15, 0.2) is 0 Å². The smallest absolute Gasteiger partial charge is 0.410 e. The molecule has 1 atom stereocenters. The van der Waals surface area contributed by atoms with Gasteiger partial charge in [0.05, 0.1) is 17.1 Å². The predicted molar refractivity (Wildman–Crippen MR) is 130 cm³/mol. The lowest BCUT2D eigenvalue weighted by Crippen LogP contribution is -2.48. The molecule has 3 rings (SSSR count). The highest BCUT2D eigenvalue weighted by atomic mass is 32.2. The van der Waals surface area contributed by atoms with Crippen LogP contribution in [0.5, 0.6) is 0 Å². The first-order valence-electron chi connectivity index (χ1n) is 11.6. The minimum absolute atomic E-state index is 0.0850. The van der Waals surface area contributed by atoms with Crippen molar-refractivity contribution in [2.45, 2.75) is 69.0 Å². The molecule has 0 spiro atoms. The molecule has 1 aliphatic heterocycles. The van der Waals surface area contributed by atoms with E-state index in [2.05, 4.69) is 0 Å². The van der Waals surface area contributed by atoms with E-state index in [9.17, 15) is 18.3 Å². The van der Waals surface area contributed by atoms with E-state index >= 15 is 0 Å². The third-order valence-electron chi connectivity index (χ3n) is 5.98. The van der Waals surface area contributed by atoms with Crippen LogP contribution in [0.3, 0.4) is 0 Å². The third-order valence-corrected chi connectivity index (χ3v) is 7.27. The van der Waals surface area contributed by atoms with E-state index < -0.39 is 21.3 Å². The number of carbonyl (C=O) groups is 1. The normalized spacial score (nSPS) is 17.3. The van der Waals surface area contributed by atoms with Gasteiger partial charge < -0.3 is 14.7 Å². The number of hydrogen-bond acceptors (Lipinski definition) is 6. The van der Waals surface area contributed by atoms with Crippen molar-refractivity contribution in [3.63, 3.8) is 0 Å². The van der Waals surface area contributed by atoms with Gasteiger partial charge in [0, 0.05) is 19.0 Å². The van der Waals surface area contributed by atoms with E-state index in [1.807, 2.05) is 58.0 Å². The Balaban J connectivity index is 1.69. The Morgan fingerprint density at radius 1 is 1.06 bits per heavy atom. The average Bonchev–Trinajstić information content (AvgIpc) is 2.77. The van der Waals surface area contributed by atoms with E-state index in [0.717, 1.165) is 11.1 Å². The standard InChI is InChI=1S/C26H35NO6S/c1-20-10-12-23(13-11-20)34(30,31)32-19-22(21-8-6-5-7-9-21)18-26(29)14-16-27(17-15-26)24(28)33-25(2,3)4/h5-13,22,29H,14-19H2,1-4H3. The van der Waals surface area contributed by atoms with Crippen molar-refractivity contribution in [3.05, 3.63) is 65.7 Å². The molecular formula is C26H35NO6S.